The zero-order valence-corrected chi connectivity index (χ0v) is 11.6. The van der Waals surface area contributed by atoms with Gasteiger partial charge in [-0.25, -0.2) is 4.79 Å². The third kappa shape index (κ3) is 5.51. The Kier molecular flexibility index (Phi) is 6.22. The molecule has 20 heavy (non-hydrogen) atoms. The van der Waals surface area contributed by atoms with E-state index in [9.17, 15) is 14.4 Å². The molecule has 0 saturated carbocycles. The summed E-state index contributed by atoms with van der Waals surface area (Å²) < 4.78 is 4.99. The van der Waals surface area contributed by atoms with Crippen LogP contribution in [0, 0.1) is 0 Å². The Morgan fingerprint density at radius 1 is 1.15 bits per heavy atom. The molecule has 0 saturated heterocycles. The van der Waals surface area contributed by atoms with E-state index in [1.165, 1.54) is 6.92 Å². The second-order valence-corrected chi connectivity index (χ2v) is 4.17. The first kappa shape index (κ1) is 15.7. The molecule has 2 amide bonds. The van der Waals surface area contributed by atoms with Gasteiger partial charge in [0.05, 0.1) is 18.7 Å². The SMILES string of the molecule is CCCOC(=O)c1ccc(NC(=O)CNC(C)=O)cc1. The number of esters is 1. The summed E-state index contributed by atoms with van der Waals surface area (Å²) in [6.45, 7) is 3.55. The number of amides is 2. The normalized spacial score (nSPS) is 9.70. The van der Waals surface area contributed by atoms with Crippen LogP contribution in [-0.4, -0.2) is 30.9 Å². The summed E-state index contributed by atoms with van der Waals surface area (Å²) in [5, 5.41) is 4.99. The number of hydrogen-bond acceptors (Lipinski definition) is 4. The smallest absolute Gasteiger partial charge is 0.338 e. The van der Waals surface area contributed by atoms with Gasteiger partial charge in [-0.3, -0.25) is 9.59 Å². The van der Waals surface area contributed by atoms with Crippen molar-refractivity contribution in [2.75, 3.05) is 18.5 Å². The van der Waals surface area contributed by atoms with Crippen molar-refractivity contribution in [3.63, 3.8) is 0 Å². The van der Waals surface area contributed by atoms with Crippen molar-refractivity contribution in [1.29, 1.82) is 0 Å². The van der Waals surface area contributed by atoms with Crippen LogP contribution in [0.5, 0.6) is 0 Å². The van der Waals surface area contributed by atoms with Gasteiger partial charge in [0.25, 0.3) is 0 Å². The van der Waals surface area contributed by atoms with Gasteiger partial charge in [-0.05, 0) is 30.7 Å². The molecule has 0 atom stereocenters. The molecule has 0 aliphatic heterocycles. The fourth-order valence-corrected chi connectivity index (χ4v) is 1.38. The summed E-state index contributed by atoms with van der Waals surface area (Å²) in [7, 11) is 0. The average molecular weight is 278 g/mol. The molecule has 0 aliphatic rings. The topological polar surface area (TPSA) is 84.5 Å². The molecule has 0 unspecified atom stereocenters. The quantitative estimate of drug-likeness (QED) is 0.769. The van der Waals surface area contributed by atoms with Gasteiger partial charge < -0.3 is 15.4 Å². The molecule has 0 spiro atoms. The summed E-state index contributed by atoms with van der Waals surface area (Å²) >= 11 is 0. The molecule has 0 fully saturated rings. The van der Waals surface area contributed by atoms with Crippen molar-refractivity contribution in [3.8, 4) is 0 Å². The third-order valence-electron chi connectivity index (χ3n) is 2.34. The van der Waals surface area contributed by atoms with Crippen molar-refractivity contribution in [1.82, 2.24) is 5.32 Å². The van der Waals surface area contributed by atoms with E-state index in [2.05, 4.69) is 10.6 Å². The Balaban J connectivity index is 2.51. The van der Waals surface area contributed by atoms with Crippen LogP contribution in [0.1, 0.15) is 30.6 Å². The van der Waals surface area contributed by atoms with E-state index >= 15 is 0 Å². The van der Waals surface area contributed by atoms with E-state index in [1.807, 2.05) is 6.92 Å². The van der Waals surface area contributed by atoms with Crippen molar-refractivity contribution in [2.45, 2.75) is 20.3 Å². The van der Waals surface area contributed by atoms with Crippen molar-refractivity contribution in [3.05, 3.63) is 29.8 Å². The maximum Gasteiger partial charge on any atom is 0.338 e. The molecule has 2 N–H and O–H groups in total. The lowest BCUT2D eigenvalue weighted by Crippen LogP contribution is -2.31. The molecule has 0 bridgehead atoms. The Labute approximate surface area is 117 Å². The first-order chi connectivity index (χ1) is 9.52. The maximum atomic E-state index is 11.6. The highest BCUT2D eigenvalue weighted by atomic mass is 16.5. The maximum absolute atomic E-state index is 11.6. The Hall–Kier alpha value is -2.37. The molecule has 6 heteroatoms. The molecule has 1 aromatic carbocycles. The van der Waals surface area contributed by atoms with Gasteiger partial charge in [-0.1, -0.05) is 6.92 Å². The highest BCUT2D eigenvalue weighted by Crippen LogP contribution is 2.10. The lowest BCUT2D eigenvalue weighted by molar-refractivity contribution is -0.122. The minimum absolute atomic E-state index is 0.0877. The van der Waals surface area contributed by atoms with E-state index in [0.29, 0.717) is 17.9 Å². The zero-order valence-electron chi connectivity index (χ0n) is 11.6. The van der Waals surface area contributed by atoms with Crippen LogP contribution >= 0.6 is 0 Å². The Morgan fingerprint density at radius 2 is 1.80 bits per heavy atom. The molecule has 0 aromatic heterocycles. The van der Waals surface area contributed by atoms with Gasteiger partial charge in [0.2, 0.25) is 11.8 Å². The summed E-state index contributed by atoms with van der Waals surface area (Å²) in [5.74, 6) is -0.987. The minimum Gasteiger partial charge on any atom is -0.462 e. The van der Waals surface area contributed by atoms with Gasteiger partial charge in [0.1, 0.15) is 0 Å². The van der Waals surface area contributed by atoms with Gasteiger partial charge in [0, 0.05) is 12.6 Å². The Bertz CT molecular complexity index is 482. The molecular formula is C14H18N2O4. The van der Waals surface area contributed by atoms with Gasteiger partial charge in [0.15, 0.2) is 0 Å². The molecule has 1 aromatic rings. The lowest BCUT2D eigenvalue weighted by atomic mass is 10.2. The van der Waals surface area contributed by atoms with Crippen LogP contribution in [-0.2, 0) is 14.3 Å². The highest BCUT2D eigenvalue weighted by Gasteiger charge is 2.07. The summed E-state index contributed by atoms with van der Waals surface area (Å²) in [5.41, 5.74) is 0.978. The predicted octanol–water partition coefficient (Wildman–Crippen LogP) is 1.33. The molecule has 0 heterocycles. The van der Waals surface area contributed by atoms with Crippen molar-refractivity contribution < 1.29 is 19.1 Å². The molecular weight excluding hydrogens is 260 g/mol. The molecule has 108 valence electrons. The Morgan fingerprint density at radius 3 is 2.35 bits per heavy atom. The van der Waals surface area contributed by atoms with E-state index < -0.39 is 0 Å². The van der Waals surface area contributed by atoms with E-state index in [4.69, 9.17) is 4.74 Å². The first-order valence-corrected chi connectivity index (χ1v) is 6.34. The average Bonchev–Trinajstić information content (AvgIpc) is 2.43. The fraction of sp³-hybridized carbons (Fsp3) is 0.357. The van der Waals surface area contributed by atoms with Crippen LogP contribution in [0.3, 0.4) is 0 Å². The summed E-state index contributed by atoms with van der Waals surface area (Å²) in [6, 6.07) is 6.36. The number of anilines is 1. The molecule has 0 radical (unpaired) electrons. The number of nitrogens with one attached hydrogen (secondary N) is 2. The number of ether oxygens (including phenoxy) is 1. The second kappa shape index (κ2) is 7.93. The van der Waals surface area contributed by atoms with Crippen LogP contribution in [0.4, 0.5) is 5.69 Å². The number of carbonyl (C=O) groups excluding carboxylic acids is 3. The number of benzene rings is 1. The predicted molar refractivity (Wildman–Crippen MR) is 74.3 cm³/mol. The van der Waals surface area contributed by atoms with Crippen molar-refractivity contribution >= 4 is 23.5 Å². The van der Waals surface area contributed by atoms with Crippen LogP contribution in [0.2, 0.25) is 0 Å². The summed E-state index contributed by atoms with van der Waals surface area (Å²) in [4.78, 5) is 33.7. The van der Waals surface area contributed by atoms with Crippen molar-refractivity contribution in [2.24, 2.45) is 0 Å². The lowest BCUT2D eigenvalue weighted by Gasteiger charge is -2.07. The van der Waals surface area contributed by atoms with Gasteiger partial charge >= 0.3 is 5.97 Å². The highest BCUT2D eigenvalue weighted by molar-refractivity contribution is 5.95. The first-order valence-electron chi connectivity index (χ1n) is 6.34. The zero-order chi connectivity index (χ0) is 15.0. The van der Waals surface area contributed by atoms with Crippen LogP contribution in [0.25, 0.3) is 0 Å². The minimum atomic E-state index is -0.386. The fourth-order valence-electron chi connectivity index (χ4n) is 1.38. The van der Waals surface area contributed by atoms with E-state index in [1.54, 1.807) is 24.3 Å². The van der Waals surface area contributed by atoms with E-state index in [0.717, 1.165) is 6.42 Å². The third-order valence-corrected chi connectivity index (χ3v) is 2.34. The number of rotatable bonds is 6. The molecule has 6 nitrogen and oxygen atoms in total. The number of carbonyl (C=O) groups is 3. The standard InChI is InChI=1S/C14H18N2O4/c1-3-8-20-14(19)11-4-6-12(7-5-11)16-13(18)9-15-10(2)17/h4-7H,3,8-9H2,1-2H3,(H,15,17)(H,16,18). The molecule has 1 rings (SSSR count). The monoisotopic (exact) mass is 278 g/mol. The molecule has 0 aliphatic carbocycles. The van der Waals surface area contributed by atoms with Crippen LogP contribution in [0.15, 0.2) is 24.3 Å². The van der Waals surface area contributed by atoms with E-state index in [-0.39, 0.29) is 24.3 Å². The van der Waals surface area contributed by atoms with Gasteiger partial charge in [-0.15, -0.1) is 0 Å². The van der Waals surface area contributed by atoms with Gasteiger partial charge in [-0.2, -0.15) is 0 Å². The van der Waals surface area contributed by atoms with Crippen LogP contribution < -0.4 is 10.6 Å². The summed E-state index contributed by atoms with van der Waals surface area (Å²) in [6.07, 6.45) is 0.767. The second-order valence-electron chi connectivity index (χ2n) is 4.17. The number of hydrogen-bond donors (Lipinski definition) is 2. The largest absolute Gasteiger partial charge is 0.462 e.